The minimum Gasteiger partial charge on any atom is -0.366 e. The predicted molar refractivity (Wildman–Crippen MR) is 79.7 cm³/mol. The Morgan fingerprint density at radius 3 is 2.10 bits per heavy atom. The van der Waals surface area contributed by atoms with Gasteiger partial charge in [-0.05, 0) is 23.8 Å². The molecule has 0 radical (unpaired) electrons. The van der Waals surface area contributed by atoms with Gasteiger partial charge in [-0.25, -0.2) is 0 Å². The largest absolute Gasteiger partial charge is 0.366 e. The summed E-state index contributed by atoms with van der Waals surface area (Å²) in [5.74, 6) is -0.420. The van der Waals surface area contributed by atoms with Crippen LogP contribution in [0.4, 0.5) is 0 Å². The normalized spacial score (nSPS) is 10.4. The van der Waals surface area contributed by atoms with Crippen LogP contribution in [0, 0.1) is 0 Å². The van der Waals surface area contributed by atoms with Gasteiger partial charge in [0.25, 0.3) is 0 Å². The topological polar surface area (TPSA) is 48.0 Å². The van der Waals surface area contributed by atoms with Crippen molar-refractivity contribution in [3.05, 3.63) is 78.5 Å². The van der Waals surface area contributed by atoms with Gasteiger partial charge in [-0.2, -0.15) is 0 Å². The van der Waals surface area contributed by atoms with E-state index in [0.29, 0.717) is 5.56 Å². The quantitative estimate of drug-likeness (QED) is 0.774. The van der Waals surface area contributed by atoms with Crippen molar-refractivity contribution in [3.8, 4) is 16.9 Å². The fourth-order valence-corrected chi connectivity index (χ4v) is 2.23. The summed E-state index contributed by atoms with van der Waals surface area (Å²) in [6.07, 6.45) is 1.78. The smallest absolute Gasteiger partial charge is 0.250 e. The fourth-order valence-electron chi connectivity index (χ4n) is 2.23. The van der Waals surface area contributed by atoms with Crippen molar-refractivity contribution in [2.75, 3.05) is 0 Å². The lowest BCUT2D eigenvalue weighted by Crippen LogP contribution is -2.09. The Bertz CT molecular complexity index is 673. The van der Waals surface area contributed by atoms with E-state index in [1.165, 1.54) is 0 Å². The third kappa shape index (κ3) is 2.21. The summed E-state index contributed by atoms with van der Waals surface area (Å²) < 4.78 is 1.98. The number of para-hydroxylation sites is 1. The van der Waals surface area contributed by atoms with Crippen LogP contribution in [0.5, 0.6) is 0 Å². The van der Waals surface area contributed by atoms with E-state index in [9.17, 15) is 4.79 Å². The van der Waals surface area contributed by atoms with E-state index in [2.05, 4.69) is 0 Å². The molecule has 2 N–H and O–H groups in total. The molecule has 0 bridgehead atoms. The molecule has 3 nitrogen and oxygen atoms in total. The van der Waals surface area contributed by atoms with Crippen molar-refractivity contribution >= 4 is 5.91 Å². The van der Waals surface area contributed by atoms with Crippen molar-refractivity contribution < 1.29 is 4.79 Å². The summed E-state index contributed by atoms with van der Waals surface area (Å²) in [6, 6.07) is 21.7. The number of hydrogen-bond acceptors (Lipinski definition) is 1. The van der Waals surface area contributed by atoms with Gasteiger partial charge in [0.15, 0.2) is 0 Å². The lowest BCUT2D eigenvalue weighted by Gasteiger charge is -2.08. The number of amides is 1. The molecule has 3 rings (SSSR count). The van der Waals surface area contributed by atoms with Gasteiger partial charge < -0.3 is 10.3 Å². The van der Waals surface area contributed by atoms with Gasteiger partial charge in [-0.3, -0.25) is 4.79 Å². The predicted octanol–water partition coefficient (Wildman–Crippen LogP) is 3.24. The number of nitrogens with two attached hydrogens (primary N) is 1. The van der Waals surface area contributed by atoms with Crippen LogP contribution in [-0.4, -0.2) is 10.5 Å². The number of nitrogens with zero attached hydrogens (tertiary/aromatic N) is 1. The van der Waals surface area contributed by atoms with Crippen LogP contribution in [0.3, 0.4) is 0 Å². The fraction of sp³-hybridized carbons (Fsp3) is 0. The number of carbonyl (C=O) groups excluding carboxylic acids is 1. The average Bonchev–Trinajstić information content (AvgIpc) is 2.94. The van der Waals surface area contributed by atoms with Crippen molar-refractivity contribution in [3.63, 3.8) is 0 Å². The molecule has 3 aromatic rings. The number of benzene rings is 2. The molecule has 0 aliphatic carbocycles. The van der Waals surface area contributed by atoms with Crippen LogP contribution in [0.2, 0.25) is 0 Å². The van der Waals surface area contributed by atoms with Crippen LogP contribution in [0.1, 0.15) is 10.4 Å². The van der Waals surface area contributed by atoms with E-state index >= 15 is 0 Å². The molecule has 0 aliphatic heterocycles. The van der Waals surface area contributed by atoms with Crippen molar-refractivity contribution in [2.45, 2.75) is 0 Å². The standard InChI is InChI=1S/C17H14N2O/c18-17(20)14-11-16(13-7-3-1-4-8-13)19(12-14)15-9-5-2-6-10-15/h1-12H,(H2,18,20). The van der Waals surface area contributed by atoms with E-state index < -0.39 is 5.91 Å². The maximum absolute atomic E-state index is 11.4. The number of rotatable bonds is 3. The molecular weight excluding hydrogens is 248 g/mol. The summed E-state index contributed by atoms with van der Waals surface area (Å²) in [6.45, 7) is 0. The van der Waals surface area contributed by atoms with Crippen molar-refractivity contribution in [1.29, 1.82) is 0 Å². The first-order chi connectivity index (χ1) is 9.75. The Labute approximate surface area is 117 Å². The maximum atomic E-state index is 11.4. The summed E-state index contributed by atoms with van der Waals surface area (Å²) >= 11 is 0. The molecule has 0 saturated carbocycles. The van der Waals surface area contributed by atoms with Crippen LogP contribution in [0.25, 0.3) is 16.9 Å². The minimum atomic E-state index is -0.420. The van der Waals surface area contributed by atoms with Gasteiger partial charge >= 0.3 is 0 Å². The van der Waals surface area contributed by atoms with E-state index in [-0.39, 0.29) is 0 Å². The third-order valence-corrected chi connectivity index (χ3v) is 3.21. The molecule has 1 heterocycles. The van der Waals surface area contributed by atoms with E-state index in [1.54, 1.807) is 6.20 Å². The second-order valence-electron chi connectivity index (χ2n) is 4.55. The Kier molecular flexibility index (Phi) is 3.09. The summed E-state index contributed by atoms with van der Waals surface area (Å²) in [5.41, 5.74) is 8.90. The zero-order valence-corrected chi connectivity index (χ0v) is 10.9. The van der Waals surface area contributed by atoms with Gasteiger partial charge in [0.1, 0.15) is 0 Å². The van der Waals surface area contributed by atoms with Crippen LogP contribution >= 0.6 is 0 Å². The van der Waals surface area contributed by atoms with Gasteiger partial charge in [0.2, 0.25) is 5.91 Å². The molecule has 98 valence electrons. The van der Waals surface area contributed by atoms with Gasteiger partial charge in [0, 0.05) is 11.9 Å². The third-order valence-electron chi connectivity index (χ3n) is 3.21. The summed E-state index contributed by atoms with van der Waals surface area (Å²) in [4.78, 5) is 11.4. The molecule has 20 heavy (non-hydrogen) atoms. The molecule has 0 saturated heterocycles. The monoisotopic (exact) mass is 262 g/mol. The maximum Gasteiger partial charge on any atom is 0.250 e. The molecule has 0 aliphatic rings. The van der Waals surface area contributed by atoms with Crippen LogP contribution in [0.15, 0.2) is 72.9 Å². The van der Waals surface area contributed by atoms with Gasteiger partial charge in [-0.1, -0.05) is 48.5 Å². The second-order valence-corrected chi connectivity index (χ2v) is 4.55. The summed E-state index contributed by atoms with van der Waals surface area (Å²) in [7, 11) is 0. The molecular formula is C17H14N2O. The molecule has 0 atom stereocenters. The number of hydrogen-bond donors (Lipinski definition) is 1. The molecule has 1 aromatic heterocycles. The number of aromatic nitrogens is 1. The molecule has 0 spiro atoms. The van der Waals surface area contributed by atoms with Gasteiger partial charge in [0.05, 0.1) is 11.3 Å². The number of carbonyl (C=O) groups is 1. The molecule has 0 fully saturated rings. The van der Waals surface area contributed by atoms with Crippen molar-refractivity contribution in [2.24, 2.45) is 5.73 Å². The average molecular weight is 262 g/mol. The molecule has 2 aromatic carbocycles. The highest BCUT2D eigenvalue weighted by molar-refractivity contribution is 5.94. The lowest BCUT2D eigenvalue weighted by atomic mass is 10.1. The zero-order valence-electron chi connectivity index (χ0n) is 10.9. The van der Waals surface area contributed by atoms with E-state index in [1.807, 2.05) is 71.3 Å². The SMILES string of the molecule is NC(=O)c1cc(-c2ccccc2)n(-c2ccccc2)c1. The Hall–Kier alpha value is -2.81. The first-order valence-electron chi connectivity index (χ1n) is 6.39. The van der Waals surface area contributed by atoms with Crippen LogP contribution in [-0.2, 0) is 0 Å². The minimum absolute atomic E-state index is 0.420. The van der Waals surface area contributed by atoms with E-state index in [4.69, 9.17) is 5.73 Å². The van der Waals surface area contributed by atoms with Gasteiger partial charge in [-0.15, -0.1) is 0 Å². The number of primary amides is 1. The van der Waals surface area contributed by atoms with Crippen molar-refractivity contribution in [1.82, 2.24) is 4.57 Å². The molecule has 3 heteroatoms. The van der Waals surface area contributed by atoms with E-state index in [0.717, 1.165) is 16.9 Å². The zero-order chi connectivity index (χ0) is 13.9. The highest BCUT2D eigenvalue weighted by Crippen LogP contribution is 2.25. The Morgan fingerprint density at radius 2 is 1.50 bits per heavy atom. The van der Waals surface area contributed by atoms with Crippen LogP contribution < -0.4 is 5.73 Å². The summed E-state index contributed by atoms with van der Waals surface area (Å²) in [5, 5.41) is 0. The molecule has 0 unspecified atom stereocenters. The first kappa shape index (κ1) is 12.2. The molecule has 1 amide bonds. The highest BCUT2D eigenvalue weighted by Gasteiger charge is 2.12. The highest BCUT2D eigenvalue weighted by atomic mass is 16.1. The Balaban J connectivity index is 2.20. The second kappa shape index (κ2) is 5.05. The Morgan fingerprint density at radius 1 is 0.900 bits per heavy atom. The first-order valence-corrected chi connectivity index (χ1v) is 6.39. The lowest BCUT2D eigenvalue weighted by molar-refractivity contribution is 0.100.